The number of methoxy groups -OCH3 is 2. The minimum absolute atomic E-state index is 0.359. The molecule has 134 valence electrons. The molecule has 0 aromatic heterocycles. The Morgan fingerprint density at radius 1 is 0.962 bits per heavy atom. The maximum atomic E-state index is 12.2. The van der Waals surface area contributed by atoms with Gasteiger partial charge in [0.2, 0.25) is 0 Å². The summed E-state index contributed by atoms with van der Waals surface area (Å²) in [6.45, 7) is 4.31. The minimum atomic E-state index is -0.359. The molecule has 1 heterocycles. The van der Waals surface area contributed by atoms with E-state index in [0.29, 0.717) is 28.7 Å². The van der Waals surface area contributed by atoms with Gasteiger partial charge in [-0.3, -0.25) is 0 Å². The summed E-state index contributed by atoms with van der Waals surface area (Å²) in [6.07, 6.45) is 3.58. The molecule has 0 saturated carbocycles. The third kappa shape index (κ3) is 3.64. The van der Waals surface area contributed by atoms with Gasteiger partial charge in [0.1, 0.15) is 5.76 Å². The molecule has 3 rings (SSSR count). The number of cyclic esters (lactones) is 1. The predicted octanol–water partition coefficient (Wildman–Crippen LogP) is 4.81. The van der Waals surface area contributed by atoms with Gasteiger partial charge in [-0.05, 0) is 47.4 Å². The van der Waals surface area contributed by atoms with E-state index < -0.39 is 0 Å². The number of esters is 1. The molecule has 26 heavy (non-hydrogen) atoms. The molecule has 4 nitrogen and oxygen atoms in total. The Kier molecular flexibility index (Phi) is 5.12. The number of benzene rings is 2. The van der Waals surface area contributed by atoms with E-state index in [-0.39, 0.29) is 5.97 Å². The van der Waals surface area contributed by atoms with Crippen LogP contribution in [0, 0.1) is 0 Å². The molecule has 0 unspecified atom stereocenters. The Bertz CT molecular complexity index is 874. The zero-order valence-electron chi connectivity index (χ0n) is 15.4. The molecule has 4 heteroatoms. The largest absolute Gasteiger partial charge is 0.493 e. The Hall–Kier alpha value is -3.01. The molecule has 2 aromatic rings. The highest BCUT2D eigenvalue weighted by molar-refractivity contribution is 6.05. The predicted molar refractivity (Wildman–Crippen MR) is 102 cm³/mol. The second-order valence-electron chi connectivity index (χ2n) is 6.39. The molecule has 0 bridgehead atoms. The third-order valence-corrected chi connectivity index (χ3v) is 4.32. The van der Waals surface area contributed by atoms with Crippen molar-refractivity contribution >= 4 is 17.8 Å². The van der Waals surface area contributed by atoms with E-state index in [2.05, 4.69) is 26.0 Å². The van der Waals surface area contributed by atoms with Crippen molar-refractivity contribution in [2.45, 2.75) is 19.8 Å². The molecule has 0 saturated heterocycles. The van der Waals surface area contributed by atoms with Gasteiger partial charge in [-0.25, -0.2) is 4.79 Å². The summed E-state index contributed by atoms with van der Waals surface area (Å²) in [6, 6.07) is 13.6. The SMILES string of the molecule is COc1ccc(C2=C/C(=C\c3ccc(C(C)C)cc3)C(=O)O2)cc1OC. The topological polar surface area (TPSA) is 44.8 Å². The van der Waals surface area contributed by atoms with E-state index in [1.54, 1.807) is 32.4 Å². The molecule has 0 spiro atoms. The third-order valence-electron chi connectivity index (χ3n) is 4.32. The van der Waals surface area contributed by atoms with Crippen molar-refractivity contribution in [2.75, 3.05) is 14.2 Å². The number of hydrogen-bond donors (Lipinski definition) is 0. The number of carbonyl (C=O) groups is 1. The number of ether oxygens (including phenoxy) is 3. The van der Waals surface area contributed by atoms with Crippen molar-refractivity contribution in [3.8, 4) is 11.5 Å². The Balaban J connectivity index is 1.89. The van der Waals surface area contributed by atoms with Gasteiger partial charge in [-0.1, -0.05) is 38.1 Å². The lowest BCUT2D eigenvalue weighted by atomic mass is 10.0. The molecule has 0 N–H and O–H groups in total. The van der Waals surface area contributed by atoms with E-state index >= 15 is 0 Å². The number of rotatable bonds is 5. The van der Waals surface area contributed by atoms with E-state index in [4.69, 9.17) is 14.2 Å². The number of carbonyl (C=O) groups excluding carboxylic acids is 1. The van der Waals surface area contributed by atoms with Gasteiger partial charge in [-0.15, -0.1) is 0 Å². The molecule has 1 aliphatic rings. The average Bonchev–Trinajstić information content (AvgIpc) is 3.02. The van der Waals surface area contributed by atoms with Crippen molar-refractivity contribution in [3.63, 3.8) is 0 Å². The van der Waals surface area contributed by atoms with Gasteiger partial charge in [0.05, 0.1) is 19.8 Å². The molecule has 0 fully saturated rings. The fourth-order valence-corrected chi connectivity index (χ4v) is 2.78. The van der Waals surface area contributed by atoms with Crippen molar-refractivity contribution in [3.05, 3.63) is 70.8 Å². The lowest BCUT2D eigenvalue weighted by Gasteiger charge is -2.09. The maximum Gasteiger partial charge on any atom is 0.343 e. The van der Waals surface area contributed by atoms with Gasteiger partial charge < -0.3 is 14.2 Å². The normalized spacial score (nSPS) is 15.2. The van der Waals surface area contributed by atoms with Crippen LogP contribution in [0.15, 0.2) is 54.1 Å². The van der Waals surface area contributed by atoms with E-state index in [9.17, 15) is 4.79 Å². The lowest BCUT2D eigenvalue weighted by molar-refractivity contribution is -0.130. The van der Waals surface area contributed by atoms with Crippen LogP contribution < -0.4 is 9.47 Å². The van der Waals surface area contributed by atoms with Gasteiger partial charge in [0, 0.05) is 5.56 Å². The zero-order chi connectivity index (χ0) is 18.7. The molecule has 2 aromatic carbocycles. The van der Waals surface area contributed by atoms with Crippen LogP contribution in [0.1, 0.15) is 36.5 Å². The second-order valence-corrected chi connectivity index (χ2v) is 6.39. The van der Waals surface area contributed by atoms with Gasteiger partial charge in [0.15, 0.2) is 11.5 Å². The summed E-state index contributed by atoms with van der Waals surface area (Å²) in [5.74, 6) is 1.83. The first-order valence-corrected chi connectivity index (χ1v) is 8.49. The van der Waals surface area contributed by atoms with E-state index in [0.717, 1.165) is 11.1 Å². The number of hydrogen-bond acceptors (Lipinski definition) is 4. The van der Waals surface area contributed by atoms with Crippen LogP contribution >= 0.6 is 0 Å². The fraction of sp³-hybridized carbons (Fsp3) is 0.227. The van der Waals surface area contributed by atoms with Gasteiger partial charge in [0.25, 0.3) is 0 Å². The van der Waals surface area contributed by atoms with Crippen LogP contribution in [0.25, 0.3) is 11.8 Å². The van der Waals surface area contributed by atoms with Crippen LogP contribution in [0.4, 0.5) is 0 Å². The van der Waals surface area contributed by atoms with Crippen molar-refractivity contribution in [2.24, 2.45) is 0 Å². The summed E-state index contributed by atoms with van der Waals surface area (Å²) >= 11 is 0. The molecule has 0 aliphatic carbocycles. The van der Waals surface area contributed by atoms with Crippen LogP contribution in [-0.2, 0) is 9.53 Å². The minimum Gasteiger partial charge on any atom is -0.493 e. The van der Waals surface area contributed by atoms with Crippen LogP contribution in [0.2, 0.25) is 0 Å². The molecule has 0 amide bonds. The Morgan fingerprint density at radius 3 is 2.27 bits per heavy atom. The fourth-order valence-electron chi connectivity index (χ4n) is 2.78. The monoisotopic (exact) mass is 350 g/mol. The second kappa shape index (κ2) is 7.48. The Morgan fingerprint density at radius 2 is 1.65 bits per heavy atom. The van der Waals surface area contributed by atoms with Crippen molar-refractivity contribution < 1.29 is 19.0 Å². The van der Waals surface area contributed by atoms with E-state index in [1.165, 1.54) is 5.56 Å². The summed E-state index contributed by atoms with van der Waals surface area (Å²) in [4.78, 5) is 12.2. The molecular weight excluding hydrogens is 328 g/mol. The van der Waals surface area contributed by atoms with Crippen LogP contribution in [0.3, 0.4) is 0 Å². The van der Waals surface area contributed by atoms with Crippen LogP contribution in [0.5, 0.6) is 11.5 Å². The molecule has 0 radical (unpaired) electrons. The Labute approximate surface area is 153 Å². The van der Waals surface area contributed by atoms with Crippen molar-refractivity contribution in [1.29, 1.82) is 0 Å². The quantitative estimate of drug-likeness (QED) is 0.573. The maximum absolute atomic E-state index is 12.2. The molecular formula is C22H22O4. The standard InChI is InChI=1S/C22H22O4/c1-14(2)16-7-5-15(6-8-16)11-18-13-20(26-22(18)23)17-9-10-19(24-3)21(12-17)25-4/h5-14H,1-4H3/b18-11+. The zero-order valence-corrected chi connectivity index (χ0v) is 15.4. The van der Waals surface area contributed by atoms with Crippen LogP contribution in [-0.4, -0.2) is 20.2 Å². The first-order valence-electron chi connectivity index (χ1n) is 8.49. The average molecular weight is 350 g/mol. The first kappa shape index (κ1) is 17.8. The molecule has 0 atom stereocenters. The van der Waals surface area contributed by atoms with Crippen molar-refractivity contribution in [1.82, 2.24) is 0 Å². The first-order chi connectivity index (χ1) is 12.5. The smallest absolute Gasteiger partial charge is 0.343 e. The highest BCUT2D eigenvalue weighted by Crippen LogP contribution is 2.34. The summed E-state index contributed by atoms with van der Waals surface area (Å²) in [5.41, 5.74) is 3.51. The van der Waals surface area contributed by atoms with Gasteiger partial charge in [-0.2, -0.15) is 0 Å². The lowest BCUT2D eigenvalue weighted by Crippen LogP contribution is -1.98. The summed E-state index contributed by atoms with van der Waals surface area (Å²) in [7, 11) is 3.15. The van der Waals surface area contributed by atoms with Gasteiger partial charge >= 0.3 is 5.97 Å². The molecule has 1 aliphatic heterocycles. The summed E-state index contributed by atoms with van der Waals surface area (Å²) in [5, 5.41) is 0. The van der Waals surface area contributed by atoms with E-state index in [1.807, 2.05) is 24.3 Å². The highest BCUT2D eigenvalue weighted by atomic mass is 16.5. The summed E-state index contributed by atoms with van der Waals surface area (Å²) < 4.78 is 16.0. The highest BCUT2D eigenvalue weighted by Gasteiger charge is 2.23.